The molecule has 1 aliphatic heterocycles. The largest absolute Gasteiger partial charge is 0.334 e. The van der Waals surface area contributed by atoms with Crippen molar-refractivity contribution in [2.75, 3.05) is 6.54 Å². The van der Waals surface area contributed by atoms with Crippen molar-refractivity contribution in [3.63, 3.8) is 0 Å². The molecule has 0 unspecified atom stereocenters. The highest BCUT2D eigenvalue weighted by molar-refractivity contribution is 5.81. The number of hydrogen-bond acceptors (Lipinski definition) is 4. The SMILES string of the molecule is CCN1Cc2nnc(CNCc3ccccc3)n2[C@@H](CC(C)C)C1=O. The first-order valence-corrected chi connectivity index (χ1v) is 9.06. The molecule has 0 spiro atoms. The highest BCUT2D eigenvalue weighted by Gasteiger charge is 2.35. The van der Waals surface area contributed by atoms with Crippen molar-refractivity contribution in [1.29, 1.82) is 0 Å². The molecule has 0 saturated heterocycles. The van der Waals surface area contributed by atoms with Crippen LogP contribution < -0.4 is 5.32 Å². The topological polar surface area (TPSA) is 63.1 Å². The molecule has 0 radical (unpaired) electrons. The van der Waals surface area contributed by atoms with Crippen LogP contribution in [0.2, 0.25) is 0 Å². The molecule has 2 heterocycles. The third-order valence-corrected chi connectivity index (χ3v) is 4.61. The van der Waals surface area contributed by atoms with Crippen molar-refractivity contribution in [3.8, 4) is 0 Å². The number of aromatic nitrogens is 3. The number of benzene rings is 1. The van der Waals surface area contributed by atoms with Gasteiger partial charge >= 0.3 is 0 Å². The van der Waals surface area contributed by atoms with Crippen LogP contribution >= 0.6 is 0 Å². The van der Waals surface area contributed by atoms with Crippen LogP contribution in [-0.4, -0.2) is 32.1 Å². The molecule has 25 heavy (non-hydrogen) atoms. The molecule has 6 nitrogen and oxygen atoms in total. The maximum Gasteiger partial charge on any atom is 0.246 e. The first-order valence-electron chi connectivity index (χ1n) is 9.06. The Bertz CT molecular complexity index is 710. The van der Waals surface area contributed by atoms with Gasteiger partial charge in [0.25, 0.3) is 0 Å². The Labute approximate surface area is 149 Å². The molecule has 3 rings (SSSR count). The number of rotatable bonds is 7. The van der Waals surface area contributed by atoms with Gasteiger partial charge in [-0.05, 0) is 24.8 Å². The monoisotopic (exact) mass is 341 g/mol. The van der Waals surface area contributed by atoms with E-state index in [1.54, 1.807) is 0 Å². The van der Waals surface area contributed by atoms with E-state index in [1.807, 2.05) is 30.0 Å². The second-order valence-electron chi connectivity index (χ2n) is 6.99. The van der Waals surface area contributed by atoms with Crippen LogP contribution in [-0.2, 0) is 24.4 Å². The number of carbonyl (C=O) groups excluding carboxylic acids is 1. The number of hydrogen-bond donors (Lipinski definition) is 1. The fourth-order valence-corrected chi connectivity index (χ4v) is 3.35. The van der Waals surface area contributed by atoms with Crippen LogP contribution in [0.5, 0.6) is 0 Å². The second kappa shape index (κ2) is 7.78. The zero-order valence-corrected chi connectivity index (χ0v) is 15.3. The average Bonchev–Trinajstić information content (AvgIpc) is 3.00. The van der Waals surface area contributed by atoms with Gasteiger partial charge in [-0.1, -0.05) is 44.2 Å². The molecule has 2 aromatic rings. The van der Waals surface area contributed by atoms with Crippen molar-refractivity contribution in [3.05, 3.63) is 47.5 Å². The number of fused-ring (bicyclic) bond motifs is 1. The number of amides is 1. The van der Waals surface area contributed by atoms with E-state index in [9.17, 15) is 4.79 Å². The van der Waals surface area contributed by atoms with Crippen LogP contribution in [0.4, 0.5) is 0 Å². The maximum atomic E-state index is 12.8. The minimum Gasteiger partial charge on any atom is -0.334 e. The number of likely N-dealkylation sites (N-methyl/N-ethyl adjacent to an activating group) is 1. The van der Waals surface area contributed by atoms with E-state index in [1.165, 1.54) is 5.56 Å². The van der Waals surface area contributed by atoms with Gasteiger partial charge in [0.15, 0.2) is 5.82 Å². The van der Waals surface area contributed by atoms with E-state index in [-0.39, 0.29) is 11.9 Å². The molecule has 134 valence electrons. The highest BCUT2D eigenvalue weighted by Crippen LogP contribution is 2.28. The van der Waals surface area contributed by atoms with Crippen LogP contribution in [0.1, 0.15) is 50.4 Å². The van der Waals surface area contributed by atoms with Gasteiger partial charge < -0.3 is 10.2 Å². The van der Waals surface area contributed by atoms with E-state index >= 15 is 0 Å². The Morgan fingerprint density at radius 3 is 2.64 bits per heavy atom. The highest BCUT2D eigenvalue weighted by atomic mass is 16.2. The van der Waals surface area contributed by atoms with Gasteiger partial charge in [0.2, 0.25) is 5.91 Å². The predicted molar refractivity (Wildman–Crippen MR) is 96.6 cm³/mol. The van der Waals surface area contributed by atoms with Crippen molar-refractivity contribution in [2.24, 2.45) is 5.92 Å². The third-order valence-electron chi connectivity index (χ3n) is 4.61. The lowest BCUT2D eigenvalue weighted by Gasteiger charge is -2.34. The fraction of sp³-hybridized carbons (Fsp3) is 0.526. The number of nitrogens with one attached hydrogen (secondary N) is 1. The Morgan fingerprint density at radius 2 is 1.96 bits per heavy atom. The van der Waals surface area contributed by atoms with Gasteiger partial charge in [-0.2, -0.15) is 0 Å². The van der Waals surface area contributed by atoms with Gasteiger partial charge in [0.05, 0.1) is 13.1 Å². The third kappa shape index (κ3) is 3.90. The van der Waals surface area contributed by atoms with E-state index in [0.29, 0.717) is 25.6 Å². The molecule has 6 heteroatoms. The maximum absolute atomic E-state index is 12.8. The molecule has 1 aromatic carbocycles. The molecular formula is C19H27N5O. The lowest BCUT2D eigenvalue weighted by atomic mass is 10.0. The average molecular weight is 341 g/mol. The Balaban J connectivity index is 1.76. The summed E-state index contributed by atoms with van der Waals surface area (Å²) in [6, 6.07) is 10.1. The summed E-state index contributed by atoms with van der Waals surface area (Å²) >= 11 is 0. The summed E-state index contributed by atoms with van der Waals surface area (Å²) < 4.78 is 2.06. The minimum atomic E-state index is -0.188. The van der Waals surface area contributed by atoms with E-state index in [4.69, 9.17) is 0 Å². The summed E-state index contributed by atoms with van der Waals surface area (Å²) in [7, 11) is 0. The number of nitrogens with zero attached hydrogens (tertiary/aromatic N) is 4. The first kappa shape index (κ1) is 17.6. The van der Waals surface area contributed by atoms with Crippen molar-refractivity contribution < 1.29 is 4.79 Å². The smallest absolute Gasteiger partial charge is 0.246 e. The van der Waals surface area contributed by atoms with Crippen LogP contribution in [0.15, 0.2) is 30.3 Å². The van der Waals surface area contributed by atoms with Crippen molar-refractivity contribution in [2.45, 2.75) is 52.9 Å². The van der Waals surface area contributed by atoms with E-state index in [2.05, 4.69) is 46.1 Å². The lowest BCUT2D eigenvalue weighted by molar-refractivity contribution is -0.137. The quantitative estimate of drug-likeness (QED) is 0.840. The zero-order chi connectivity index (χ0) is 17.8. The van der Waals surface area contributed by atoms with Gasteiger partial charge in [0, 0.05) is 13.1 Å². The van der Waals surface area contributed by atoms with Gasteiger partial charge in [-0.3, -0.25) is 9.36 Å². The second-order valence-corrected chi connectivity index (χ2v) is 6.99. The summed E-state index contributed by atoms with van der Waals surface area (Å²) in [6.45, 7) is 8.95. The molecule has 0 saturated carbocycles. The molecule has 1 aromatic heterocycles. The number of carbonyl (C=O) groups is 1. The summed E-state index contributed by atoms with van der Waals surface area (Å²) in [5.74, 6) is 2.36. The molecule has 1 aliphatic rings. The Hall–Kier alpha value is -2.21. The first-order chi connectivity index (χ1) is 12.1. The van der Waals surface area contributed by atoms with Gasteiger partial charge in [-0.25, -0.2) is 0 Å². The van der Waals surface area contributed by atoms with Crippen LogP contribution in [0.25, 0.3) is 0 Å². The Kier molecular flexibility index (Phi) is 5.48. The standard InChI is InChI=1S/C19H27N5O/c1-4-23-13-18-22-21-17(12-20-11-15-8-6-5-7-9-15)24(18)16(19(23)25)10-14(2)3/h5-9,14,16,20H,4,10-13H2,1-3H3/t16-/m0/s1. The van der Waals surface area contributed by atoms with E-state index in [0.717, 1.165) is 24.6 Å². The van der Waals surface area contributed by atoms with Crippen molar-refractivity contribution in [1.82, 2.24) is 25.0 Å². The fourth-order valence-electron chi connectivity index (χ4n) is 3.35. The van der Waals surface area contributed by atoms with Crippen LogP contribution in [0, 0.1) is 5.92 Å². The predicted octanol–water partition coefficient (Wildman–Crippen LogP) is 2.52. The van der Waals surface area contributed by atoms with Crippen molar-refractivity contribution >= 4 is 5.91 Å². The minimum absolute atomic E-state index is 0.188. The van der Waals surface area contributed by atoms with Gasteiger partial charge in [0.1, 0.15) is 11.9 Å². The van der Waals surface area contributed by atoms with Crippen LogP contribution in [0.3, 0.4) is 0 Å². The van der Waals surface area contributed by atoms with Gasteiger partial charge in [-0.15, -0.1) is 10.2 Å². The molecule has 0 bridgehead atoms. The molecule has 1 atom stereocenters. The Morgan fingerprint density at radius 1 is 1.20 bits per heavy atom. The summed E-state index contributed by atoms with van der Waals surface area (Å²) in [6.07, 6.45) is 0.812. The summed E-state index contributed by atoms with van der Waals surface area (Å²) in [4.78, 5) is 14.7. The summed E-state index contributed by atoms with van der Waals surface area (Å²) in [5, 5.41) is 12.1. The van der Waals surface area contributed by atoms with E-state index < -0.39 is 0 Å². The molecule has 1 N–H and O–H groups in total. The zero-order valence-electron chi connectivity index (χ0n) is 15.3. The lowest BCUT2D eigenvalue weighted by Crippen LogP contribution is -2.43. The molecular weight excluding hydrogens is 314 g/mol. The summed E-state index contributed by atoms with van der Waals surface area (Å²) in [5.41, 5.74) is 1.23. The molecule has 0 fully saturated rings. The molecule has 1 amide bonds. The normalized spacial score (nSPS) is 17.2. The molecule has 0 aliphatic carbocycles.